The van der Waals surface area contributed by atoms with E-state index in [1.807, 2.05) is 0 Å². The molecule has 0 bridgehead atoms. The summed E-state index contributed by atoms with van der Waals surface area (Å²) in [6.45, 7) is 4.26. The third-order valence-corrected chi connectivity index (χ3v) is 1.40. The maximum absolute atomic E-state index is 4.99. The molecule has 1 aliphatic rings. The molecule has 1 nitrogen and oxygen atoms in total. The van der Waals surface area contributed by atoms with E-state index in [0.29, 0.717) is 0 Å². The predicted molar refractivity (Wildman–Crippen MR) is 29.2 cm³/mol. The van der Waals surface area contributed by atoms with Gasteiger partial charge < -0.3 is 4.74 Å². The van der Waals surface area contributed by atoms with Crippen LogP contribution in [0.3, 0.4) is 0 Å². The van der Waals surface area contributed by atoms with Gasteiger partial charge in [0, 0.05) is 5.92 Å². The first-order valence-corrected chi connectivity index (χ1v) is 3.01. The average molecular weight is 100 g/mol. The second kappa shape index (κ2) is 2.31. The summed E-state index contributed by atoms with van der Waals surface area (Å²) < 4.78 is 4.99. The second-order valence-electron chi connectivity index (χ2n) is 2.19. The van der Waals surface area contributed by atoms with Gasteiger partial charge in [0.05, 0.1) is 13.2 Å². The fourth-order valence-corrected chi connectivity index (χ4v) is 0.859. The molecular weight excluding hydrogens is 88.1 g/mol. The first kappa shape index (κ1) is 5.10. The van der Waals surface area contributed by atoms with E-state index in [1.54, 1.807) is 0 Å². The van der Waals surface area contributed by atoms with Gasteiger partial charge in [0.25, 0.3) is 0 Å². The fraction of sp³-hybridized carbons (Fsp3) is 1.00. The van der Waals surface area contributed by atoms with Gasteiger partial charge in [0.2, 0.25) is 0 Å². The third kappa shape index (κ3) is 1.16. The molecule has 1 heterocycles. The van der Waals surface area contributed by atoms with Gasteiger partial charge in [0.1, 0.15) is 0 Å². The Kier molecular flexibility index (Phi) is 1.69. The minimum atomic E-state index is 0.907. The topological polar surface area (TPSA) is 9.23 Å². The second-order valence-corrected chi connectivity index (χ2v) is 2.19. The van der Waals surface area contributed by atoms with Crippen LogP contribution >= 0.6 is 0 Å². The van der Waals surface area contributed by atoms with Gasteiger partial charge in [-0.05, 0) is 6.42 Å². The smallest absolute Gasteiger partial charge is 0.0516 e. The summed E-state index contributed by atoms with van der Waals surface area (Å²) in [5, 5.41) is 0. The van der Waals surface area contributed by atoms with E-state index < -0.39 is 0 Å². The van der Waals surface area contributed by atoms with Gasteiger partial charge in [0.15, 0.2) is 0 Å². The van der Waals surface area contributed by atoms with E-state index in [4.69, 9.17) is 4.74 Å². The molecule has 1 saturated heterocycles. The summed E-state index contributed by atoms with van der Waals surface area (Å²) in [7, 11) is 0. The van der Waals surface area contributed by atoms with Gasteiger partial charge in [-0.3, -0.25) is 0 Å². The van der Waals surface area contributed by atoms with Gasteiger partial charge in [-0.25, -0.2) is 0 Å². The molecular formula is C6H12O. The highest BCUT2D eigenvalue weighted by Gasteiger charge is 2.15. The van der Waals surface area contributed by atoms with Crippen molar-refractivity contribution in [2.24, 2.45) is 5.92 Å². The molecule has 0 aromatic heterocycles. The Hall–Kier alpha value is -0.0400. The van der Waals surface area contributed by atoms with Crippen molar-refractivity contribution in [3.63, 3.8) is 0 Å². The predicted octanol–water partition coefficient (Wildman–Crippen LogP) is 1.43. The SMILES string of the molecule is CCCC1COC1. The molecule has 1 heteroatoms. The molecule has 0 spiro atoms. The molecule has 1 aliphatic heterocycles. The highest BCUT2D eigenvalue weighted by atomic mass is 16.5. The summed E-state index contributed by atoms with van der Waals surface area (Å²) in [4.78, 5) is 0. The van der Waals surface area contributed by atoms with Crippen molar-refractivity contribution in [2.75, 3.05) is 13.2 Å². The van der Waals surface area contributed by atoms with E-state index in [-0.39, 0.29) is 0 Å². The maximum Gasteiger partial charge on any atom is 0.0516 e. The van der Waals surface area contributed by atoms with E-state index >= 15 is 0 Å². The molecule has 0 aliphatic carbocycles. The lowest BCUT2D eigenvalue weighted by Crippen LogP contribution is -2.26. The zero-order valence-electron chi connectivity index (χ0n) is 4.81. The van der Waals surface area contributed by atoms with Crippen LogP contribution in [0.1, 0.15) is 19.8 Å². The van der Waals surface area contributed by atoms with Crippen LogP contribution < -0.4 is 0 Å². The zero-order chi connectivity index (χ0) is 5.11. The lowest BCUT2D eigenvalue weighted by atomic mass is 10.0. The van der Waals surface area contributed by atoms with Crippen molar-refractivity contribution in [1.29, 1.82) is 0 Å². The highest BCUT2D eigenvalue weighted by molar-refractivity contribution is 4.63. The molecule has 0 saturated carbocycles. The largest absolute Gasteiger partial charge is 0.381 e. The normalized spacial score (nSPS) is 21.9. The number of hydrogen-bond acceptors (Lipinski definition) is 1. The molecule has 0 N–H and O–H groups in total. The molecule has 0 atom stereocenters. The van der Waals surface area contributed by atoms with Crippen molar-refractivity contribution in [1.82, 2.24) is 0 Å². The number of rotatable bonds is 2. The summed E-state index contributed by atoms with van der Waals surface area (Å²) in [6.07, 6.45) is 2.67. The van der Waals surface area contributed by atoms with E-state index in [1.165, 1.54) is 12.8 Å². The minimum Gasteiger partial charge on any atom is -0.381 e. The highest BCUT2D eigenvalue weighted by Crippen LogP contribution is 2.14. The maximum atomic E-state index is 4.99. The summed E-state index contributed by atoms with van der Waals surface area (Å²) in [6, 6.07) is 0. The minimum absolute atomic E-state index is 0.907. The quantitative estimate of drug-likeness (QED) is 0.510. The monoisotopic (exact) mass is 100 g/mol. The van der Waals surface area contributed by atoms with Gasteiger partial charge in [-0.2, -0.15) is 0 Å². The van der Waals surface area contributed by atoms with Crippen LogP contribution in [-0.4, -0.2) is 13.2 Å². The van der Waals surface area contributed by atoms with Gasteiger partial charge >= 0.3 is 0 Å². The Balaban J connectivity index is 1.93. The first-order chi connectivity index (χ1) is 3.43. The number of ether oxygens (including phenoxy) is 1. The molecule has 0 amide bonds. The fourth-order valence-electron chi connectivity index (χ4n) is 0.859. The first-order valence-electron chi connectivity index (χ1n) is 3.01. The lowest BCUT2D eigenvalue weighted by Gasteiger charge is -2.24. The van der Waals surface area contributed by atoms with E-state index in [9.17, 15) is 0 Å². The standard InChI is InChI=1S/C6H12O/c1-2-3-6-4-7-5-6/h6H,2-5H2,1H3. The zero-order valence-corrected chi connectivity index (χ0v) is 4.81. The molecule has 7 heavy (non-hydrogen) atoms. The van der Waals surface area contributed by atoms with E-state index in [2.05, 4.69) is 6.92 Å². The summed E-state index contributed by atoms with van der Waals surface area (Å²) in [5.41, 5.74) is 0. The van der Waals surface area contributed by atoms with Crippen LogP contribution in [0.2, 0.25) is 0 Å². The molecule has 1 fully saturated rings. The Bertz CT molecular complexity index is 48.1. The van der Waals surface area contributed by atoms with Crippen LogP contribution in [-0.2, 0) is 4.74 Å². The Morgan fingerprint density at radius 2 is 2.29 bits per heavy atom. The average Bonchev–Trinajstić information content (AvgIpc) is 1.55. The summed E-state index contributed by atoms with van der Waals surface area (Å²) in [5.74, 6) is 0.907. The van der Waals surface area contributed by atoms with E-state index in [0.717, 1.165) is 19.1 Å². The number of hydrogen-bond donors (Lipinski definition) is 0. The molecule has 0 aromatic rings. The van der Waals surface area contributed by atoms with Crippen molar-refractivity contribution < 1.29 is 4.74 Å². The van der Waals surface area contributed by atoms with Gasteiger partial charge in [-0.15, -0.1) is 0 Å². The molecule has 0 radical (unpaired) electrons. The Morgan fingerprint density at radius 1 is 1.57 bits per heavy atom. The van der Waals surface area contributed by atoms with Crippen molar-refractivity contribution in [2.45, 2.75) is 19.8 Å². The van der Waals surface area contributed by atoms with Crippen LogP contribution in [0.15, 0.2) is 0 Å². The van der Waals surface area contributed by atoms with Crippen LogP contribution in [0.4, 0.5) is 0 Å². The van der Waals surface area contributed by atoms with Crippen molar-refractivity contribution >= 4 is 0 Å². The van der Waals surface area contributed by atoms with Gasteiger partial charge in [-0.1, -0.05) is 13.3 Å². The Labute approximate surface area is 44.7 Å². The molecule has 0 unspecified atom stereocenters. The van der Waals surface area contributed by atoms with Crippen molar-refractivity contribution in [3.8, 4) is 0 Å². The van der Waals surface area contributed by atoms with Crippen LogP contribution in [0, 0.1) is 5.92 Å². The molecule has 0 aromatic carbocycles. The Morgan fingerprint density at radius 3 is 2.43 bits per heavy atom. The molecule has 42 valence electrons. The van der Waals surface area contributed by atoms with Crippen LogP contribution in [0.25, 0.3) is 0 Å². The summed E-state index contributed by atoms with van der Waals surface area (Å²) >= 11 is 0. The lowest BCUT2D eigenvalue weighted by molar-refractivity contribution is -0.0356. The van der Waals surface area contributed by atoms with Crippen molar-refractivity contribution in [3.05, 3.63) is 0 Å². The third-order valence-electron chi connectivity index (χ3n) is 1.40. The van der Waals surface area contributed by atoms with Crippen LogP contribution in [0.5, 0.6) is 0 Å². The molecule has 1 rings (SSSR count).